The van der Waals surface area contributed by atoms with Crippen LogP contribution in [-0.4, -0.2) is 59.8 Å². The van der Waals surface area contributed by atoms with Crippen molar-refractivity contribution in [1.82, 2.24) is 0 Å². The first-order valence-corrected chi connectivity index (χ1v) is 12.9. The van der Waals surface area contributed by atoms with Gasteiger partial charge in [-0.25, -0.2) is 0 Å². The second-order valence-corrected chi connectivity index (χ2v) is 10.1. The Kier molecular flexibility index (Phi) is 14.8. The van der Waals surface area contributed by atoms with Crippen molar-refractivity contribution in [3.05, 3.63) is 59.8 Å². The number of nitrogens with two attached hydrogens (primary N) is 2. The molecule has 204 valence electrons. The summed E-state index contributed by atoms with van der Waals surface area (Å²) in [5.41, 5.74) is 14.5. The summed E-state index contributed by atoms with van der Waals surface area (Å²) in [6, 6.07) is -0.733. The number of hydrogen-bond acceptors (Lipinski definition) is 7. The van der Waals surface area contributed by atoms with E-state index in [0.717, 1.165) is 12.0 Å². The number of carbonyl (C=O) groups is 1. The van der Waals surface area contributed by atoms with Crippen molar-refractivity contribution in [2.75, 3.05) is 7.11 Å². The Morgan fingerprint density at radius 2 is 1.92 bits per heavy atom. The highest BCUT2D eigenvalue weighted by atomic mass is 16.5. The summed E-state index contributed by atoms with van der Waals surface area (Å²) in [5.74, 6) is -0.0137. The number of hydrogen-bond donors (Lipinski definition) is 4. The van der Waals surface area contributed by atoms with E-state index in [4.69, 9.17) is 16.2 Å². The minimum Gasteiger partial charge on any atom is -0.469 e. The SMILES string of the molecule is C/C=C/[C@@H]1O[C@H]([C@@H](N)/C=C/C=C(\C)C[C@@H](C)/C=C(C)\C=C\[C@H](O)C[C@H](N)CC(=O)OC)C[C@@H](O)[C@@H]1C. The maximum Gasteiger partial charge on any atom is 0.307 e. The number of aliphatic hydroxyl groups is 2. The summed E-state index contributed by atoms with van der Waals surface area (Å²) < 4.78 is 10.7. The molecule has 1 fully saturated rings. The molecule has 0 unspecified atom stereocenters. The zero-order valence-electron chi connectivity index (χ0n) is 22.8. The first kappa shape index (κ1) is 32.0. The molecule has 8 atom stereocenters. The molecule has 1 heterocycles. The molecule has 0 aromatic carbocycles. The summed E-state index contributed by atoms with van der Waals surface area (Å²) in [6.07, 6.45) is 15.9. The van der Waals surface area contributed by atoms with E-state index >= 15 is 0 Å². The molecule has 0 radical (unpaired) electrons. The molecule has 0 aromatic heterocycles. The van der Waals surface area contributed by atoms with Crippen molar-refractivity contribution in [2.45, 2.75) is 96.8 Å². The van der Waals surface area contributed by atoms with Crippen LogP contribution in [0.3, 0.4) is 0 Å². The fourth-order valence-electron chi connectivity index (χ4n) is 4.35. The Balaban J connectivity index is 2.56. The van der Waals surface area contributed by atoms with E-state index in [1.807, 2.05) is 51.2 Å². The number of esters is 1. The van der Waals surface area contributed by atoms with Gasteiger partial charge < -0.3 is 31.2 Å². The molecular weight excluding hydrogens is 456 g/mol. The van der Waals surface area contributed by atoms with Crippen LogP contribution in [0.2, 0.25) is 0 Å². The van der Waals surface area contributed by atoms with Gasteiger partial charge in [-0.15, -0.1) is 0 Å². The monoisotopic (exact) mass is 504 g/mol. The third kappa shape index (κ3) is 12.3. The Morgan fingerprint density at radius 3 is 2.56 bits per heavy atom. The summed E-state index contributed by atoms with van der Waals surface area (Å²) >= 11 is 0. The maximum absolute atomic E-state index is 11.3. The Morgan fingerprint density at radius 1 is 1.22 bits per heavy atom. The predicted octanol–water partition coefficient (Wildman–Crippen LogP) is 3.72. The summed E-state index contributed by atoms with van der Waals surface area (Å²) in [5, 5.41) is 20.5. The quantitative estimate of drug-likeness (QED) is 0.171. The lowest BCUT2D eigenvalue weighted by Crippen LogP contribution is -2.48. The fourth-order valence-corrected chi connectivity index (χ4v) is 4.35. The maximum atomic E-state index is 11.3. The van der Waals surface area contributed by atoms with Crippen LogP contribution in [0.5, 0.6) is 0 Å². The standard InChI is InChI=1S/C29H48N2O5/c1-7-9-27-22(5)26(33)18-28(36-27)25(31)11-8-10-19(2)14-21(4)15-20(3)12-13-24(32)16-23(30)17-29(34)35-6/h7-13,15,21-28,32-33H,14,16-18,30-31H2,1-6H3/b9-7+,11-8+,13-12+,19-10+,20-15-/t21-,22+,23+,24+,25+,26-,27+,28+/m1/s1. The van der Waals surface area contributed by atoms with E-state index in [-0.39, 0.29) is 36.6 Å². The molecule has 1 aliphatic rings. The van der Waals surface area contributed by atoms with E-state index in [2.05, 4.69) is 30.7 Å². The van der Waals surface area contributed by atoms with Crippen molar-refractivity contribution < 1.29 is 24.5 Å². The molecule has 0 saturated carbocycles. The molecule has 7 nitrogen and oxygen atoms in total. The summed E-state index contributed by atoms with van der Waals surface area (Å²) in [6.45, 7) is 10.2. The van der Waals surface area contributed by atoms with Crippen LogP contribution in [0.4, 0.5) is 0 Å². The number of rotatable bonds is 13. The van der Waals surface area contributed by atoms with Gasteiger partial charge in [0.2, 0.25) is 0 Å². The van der Waals surface area contributed by atoms with Crippen LogP contribution in [-0.2, 0) is 14.3 Å². The van der Waals surface area contributed by atoms with Crippen LogP contribution < -0.4 is 11.5 Å². The number of allylic oxidation sites excluding steroid dienone is 7. The molecule has 36 heavy (non-hydrogen) atoms. The highest BCUT2D eigenvalue weighted by Crippen LogP contribution is 2.28. The molecule has 1 saturated heterocycles. The fraction of sp³-hybridized carbons (Fsp3) is 0.621. The molecule has 0 amide bonds. The number of methoxy groups -OCH3 is 1. The zero-order valence-corrected chi connectivity index (χ0v) is 22.8. The van der Waals surface area contributed by atoms with Crippen molar-refractivity contribution in [2.24, 2.45) is 23.3 Å². The minimum atomic E-state index is -0.718. The van der Waals surface area contributed by atoms with E-state index in [0.29, 0.717) is 18.8 Å². The van der Waals surface area contributed by atoms with Crippen LogP contribution in [0, 0.1) is 11.8 Å². The predicted molar refractivity (Wildman–Crippen MR) is 146 cm³/mol. The van der Waals surface area contributed by atoms with Gasteiger partial charge >= 0.3 is 5.97 Å². The normalized spacial score (nSPS) is 27.5. The van der Waals surface area contributed by atoms with Gasteiger partial charge in [0.05, 0.1) is 37.9 Å². The van der Waals surface area contributed by atoms with Gasteiger partial charge in [-0.2, -0.15) is 0 Å². The average Bonchev–Trinajstić information content (AvgIpc) is 2.80. The van der Waals surface area contributed by atoms with Crippen molar-refractivity contribution in [3.63, 3.8) is 0 Å². The lowest BCUT2D eigenvalue weighted by molar-refractivity contribution is -0.141. The van der Waals surface area contributed by atoms with E-state index < -0.39 is 18.2 Å². The third-order valence-corrected chi connectivity index (χ3v) is 6.43. The van der Waals surface area contributed by atoms with Gasteiger partial charge in [0, 0.05) is 24.4 Å². The molecule has 0 aromatic rings. The highest BCUT2D eigenvalue weighted by Gasteiger charge is 2.35. The van der Waals surface area contributed by atoms with Crippen LogP contribution >= 0.6 is 0 Å². The second-order valence-electron chi connectivity index (χ2n) is 10.1. The van der Waals surface area contributed by atoms with Gasteiger partial charge in [0.1, 0.15) is 0 Å². The largest absolute Gasteiger partial charge is 0.469 e. The number of aliphatic hydroxyl groups excluding tert-OH is 2. The van der Waals surface area contributed by atoms with Gasteiger partial charge in [0.15, 0.2) is 0 Å². The molecule has 1 rings (SSSR count). The number of ether oxygens (including phenoxy) is 2. The molecule has 0 spiro atoms. The van der Waals surface area contributed by atoms with Crippen LogP contribution in [0.25, 0.3) is 0 Å². The van der Waals surface area contributed by atoms with Crippen molar-refractivity contribution >= 4 is 5.97 Å². The van der Waals surface area contributed by atoms with Crippen LogP contribution in [0.1, 0.15) is 60.3 Å². The molecular formula is C29H48N2O5. The van der Waals surface area contributed by atoms with Gasteiger partial charge in [-0.05, 0) is 39.5 Å². The van der Waals surface area contributed by atoms with Gasteiger partial charge in [-0.3, -0.25) is 4.79 Å². The third-order valence-electron chi connectivity index (χ3n) is 6.43. The molecule has 7 heteroatoms. The zero-order chi connectivity index (χ0) is 27.3. The number of carbonyl (C=O) groups excluding carboxylic acids is 1. The molecule has 1 aliphatic heterocycles. The lowest BCUT2D eigenvalue weighted by Gasteiger charge is -2.38. The summed E-state index contributed by atoms with van der Waals surface area (Å²) in [7, 11) is 1.32. The topological polar surface area (TPSA) is 128 Å². The summed E-state index contributed by atoms with van der Waals surface area (Å²) in [4.78, 5) is 11.3. The Bertz CT molecular complexity index is 816. The molecule has 0 bridgehead atoms. The van der Waals surface area contributed by atoms with E-state index in [9.17, 15) is 15.0 Å². The highest BCUT2D eigenvalue weighted by molar-refractivity contribution is 5.69. The molecule has 6 N–H and O–H groups in total. The van der Waals surface area contributed by atoms with Gasteiger partial charge in [0.25, 0.3) is 0 Å². The average molecular weight is 505 g/mol. The Hall–Kier alpha value is -2.03. The van der Waals surface area contributed by atoms with E-state index in [1.165, 1.54) is 12.7 Å². The second kappa shape index (κ2) is 16.7. The Labute approximate surface area is 217 Å². The minimum absolute atomic E-state index is 0.0519. The lowest BCUT2D eigenvalue weighted by atomic mass is 9.88. The first-order chi connectivity index (χ1) is 17.0. The van der Waals surface area contributed by atoms with Crippen LogP contribution in [0.15, 0.2) is 59.8 Å². The first-order valence-electron chi connectivity index (χ1n) is 12.9. The van der Waals surface area contributed by atoms with Crippen molar-refractivity contribution in [1.29, 1.82) is 0 Å². The van der Waals surface area contributed by atoms with Gasteiger partial charge in [-0.1, -0.05) is 73.6 Å². The smallest absolute Gasteiger partial charge is 0.307 e. The van der Waals surface area contributed by atoms with Crippen molar-refractivity contribution in [3.8, 4) is 0 Å². The molecule has 0 aliphatic carbocycles. The van der Waals surface area contributed by atoms with E-state index in [1.54, 1.807) is 6.08 Å².